The Kier molecular flexibility index (Phi) is 8.10. The van der Waals surface area contributed by atoms with Crippen LogP contribution < -0.4 is 11.5 Å². The summed E-state index contributed by atoms with van der Waals surface area (Å²) < 4.78 is 12.0. The van der Waals surface area contributed by atoms with Crippen molar-refractivity contribution in [3.8, 4) is 0 Å². The van der Waals surface area contributed by atoms with Gasteiger partial charge in [-0.1, -0.05) is 0 Å². The first-order chi connectivity index (χ1) is 9.81. The highest BCUT2D eigenvalue weighted by Gasteiger charge is 2.27. The third kappa shape index (κ3) is 7.49. The zero-order valence-electron chi connectivity index (χ0n) is 10.6. The molecule has 0 aliphatic carbocycles. The Labute approximate surface area is 117 Å². The number of nitrogens with two attached hydrogens (primary N) is 2. The second-order valence-electron chi connectivity index (χ2n) is 3.53. The largest absolute Gasteiger partial charge is 0.395 e. The Balaban J connectivity index is 4.32. The van der Waals surface area contributed by atoms with Crippen LogP contribution in [-0.2, 0) is 43.0 Å². The van der Waals surface area contributed by atoms with Gasteiger partial charge in [0.2, 0.25) is 0 Å². The van der Waals surface area contributed by atoms with Gasteiger partial charge >= 0.3 is 36.8 Å². The van der Waals surface area contributed by atoms with Crippen LogP contribution in [0, 0.1) is 0 Å². The minimum Gasteiger partial charge on any atom is -0.395 e. The number of carbonyl (C=O) groups excluding carboxylic acids is 6. The second-order valence-corrected chi connectivity index (χ2v) is 3.53. The molecule has 0 amide bonds. The lowest BCUT2D eigenvalue weighted by molar-refractivity contribution is -0.166. The van der Waals surface area contributed by atoms with Crippen molar-refractivity contribution in [3.63, 3.8) is 0 Å². The van der Waals surface area contributed by atoms with Gasteiger partial charge in [-0.15, -0.1) is 0 Å². The smallest absolute Gasteiger partial charge is 0.331 e. The second kappa shape index (κ2) is 9.28. The van der Waals surface area contributed by atoms with Gasteiger partial charge in [-0.3, -0.25) is 19.2 Å². The SMILES string of the molecule is N[C@@H](CC(=O)OC=O)C(=O)OC(=O)[C@@H](N)CC(=O)OC=O. The number of rotatable bonds is 8. The van der Waals surface area contributed by atoms with E-state index in [9.17, 15) is 28.8 Å². The van der Waals surface area contributed by atoms with Crippen LogP contribution in [0.1, 0.15) is 12.8 Å². The third-order valence-corrected chi connectivity index (χ3v) is 1.94. The van der Waals surface area contributed by atoms with Gasteiger partial charge in [0.1, 0.15) is 12.1 Å². The Hall–Kier alpha value is -2.66. The van der Waals surface area contributed by atoms with Crippen molar-refractivity contribution in [2.45, 2.75) is 24.9 Å². The van der Waals surface area contributed by atoms with E-state index in [0.717, 1.165) is 0 Å². The minimum absolute atomic E-state index is 0.153. The van der Waals surface area contributed by atoms with E-state index in [-0.39, 0.29) is 12.9 Å². The summed E-state index contributed by atoms with van der Waals surface area (Å²) in [6.07, 6.45) is -1.40. The van der Waals surface area contributed by atoms with Gasteiger partial charge in [-0.05, 0) is 0 Å². The molecule has 0 heterocycles. The Morgan fingerprint density at radius 1 is 0.810 bits per heavy atom. The van der Waals surface area contributed by atoms with Crippen LogP contribution in [-0.4, -0.2) is 48.9 Å². The normalized spacial score (nSPS) is 12.5. The molecule has 0 radical (unpaired) electrons. The predicted octanol–water partition coefficient (Wildman–Crippen LogP) is -3.11. The topological polar surface area (TPSA) is 182 Å². The summed E-state index contributed by atoms with van der Waals surface area (Å²) in [7, 11) is 0. The van der Waals surface area contributed by atoms with Crippen molar-refractivity contribution in [2.75, 3.05) is 0 Å². The maximum Gasteiger partial charge on any atom is 0.331 e. The zero-order chi connectivity index (χ0) is 16.4. The Morgan fingerprint density at radius 2 is 1.14 bits per heavy atom. The minimum atomic E-state index is -1.56. The molecule has 0 fully saturated rings. The number of carbonyl (C=O) groups is 6. The molecule has 0 bridgehead atoms. The van der Waals surface area contributed by atoms with Crippen molar-refractivity contribution in [1.29, 1.82) is 0 Å². The summed E-state index contributed by atoms with van der Waals surface area (Å²) in [6.45, 7) is -0.305. The van der Waals surface area contributed by atoms with E-state index in [1.807, 2.05) is 0 Å². The first-order valence-electron chi connectivity index (χ1n) is 5.34. The van der Waals surface area contributed by atoms with E-state index in [1.54, 1.807) is 0 Å². The summed E-state index contributed by atoms with van der Waals surface area (Å²) in [4.78, 5) is 64.0. The molecule has 21 heavy (non-hydrogen) atoms. The molecule has 116 valence electrons. The fraction of sp³-hybridized carbons (Fsp3) is 0.400. The molecule has 4 N–H and O–H groups in total. The lowest BCUT2D eigenvalue weighted by Crippen LogP contribution is -2.41. The van der Waals surface area contributed by atoms with E-state index in [2.05, 4.69) is 14.2 Å². The first-order valence-corrected chi connectivity index (χ1v) is 5.34. The molecule has 11 heteroatoms. The summed E-state index contributed by atoms with van der Waals surface area (Å²) in [5.74, 6) is -4.80. The van der Waals surface area contributed by atoms with Gasteiger partial charge in [0.05, 0.1) is 12.8 Å². The number of ether oxygens (including phenoxy) is 3. The quantitative estimate of drug-likeness (QED) is 0.200. The van der Waals surface area contributed by atoms with Gasteiger partial charge in [0.25, 0.3) is 0 Å². The van der Waals surface area contributed by atoms with Crippen LogP contribution in [0.15, 0.2) is 0 Å². The lowest BCUT2D eigenvalue weighted by atomic mass is 10.2. The van der Waals surface area contributed by atoms with Crippen molar-refractivity contribution < 1.29 is 43.0 Å². The molecule has 2 atom stereocenters. The van der Waals surface area contributed by atoms with Crippen molar-refractivity contribution in [3.05, 3.63) is 0 Å². The molecule has 0 aromatic heterocycles. The fourth-order valence-electron chi connectivity index (χ4n) is 0.980. The van der Waals surface area contributed by atoms with Crippen molar-refractivity contribution in [1.82, 2.24) is 0 Å². The molecular formula is C10H12N2O9. The van der Waals surface area contributed by atoms with Crippen molar-refractivity contribution >= 4 is 36.8 Å². The van der Waals surface area contributed by atoms with Crippen LogP contribution in [0.2, 0.25) is 0 Å². The Bertz CT molecular complexity index is 408. The van der Waals surface area contributed by atoms with E-state index in [4.69, 9.17) is 11.5 Å². The van der Waals surface area contributed by atoms with Crippen LogP contribution in [0.25, 0.3) is 0 Å². The number of esters is 4. The average molecular weight is 304 g/mol. The van der Waals surface area contributed by atoms with Crippen LogP contribution in [0.4, 0.5) is 0 Å². The summed E-state index contributed by atoms with van der Waals surface area (Å²) in [6, 6.07) is -3.12. The molecule has 0 rings (SSSR count). The molecule has 0 aromatic carbocycles. The van der Waals surface area contributed by atoms with E-state index in [0.29, 0.717) is 0 Å². The van der Waals surface area contributed by atoms with Crippen molar-refractivity contribution in [2.24, 2.45) is 11.5 Å². The molecule has 0 unspecified atom stereocenters. The maximum absolute atomic E-state index is 11.3. The molecular weight excluding hydrogens is 292 g/mol. The molecule has 0 aliphatic heterocycles. The lowest BCUT2D eigenvalue weighted by Gasteiger charge is -2.11. The monoisotopic (exact) mass is 304 g/mol. The Morgan fingerprint density at radius 3 is 1.43 bits per heavy atom. The van der Waals surface area contributed by atoms with Crippen LogP contribution in [0.5, 0.6) is 0 Å². The van der Waals surface area contributed by atoms with Crippen LogP contribution >= 0.6 is 0 Å². The van der Waals surface area contributed by atoms with E-state index < -0.39 is 48.8 Å². The van der Waals surface area contributed by atoms with E-state index in [1.165, 1.54) is 0 Å². The van der Waals surface area contributed by atoms with Gasteiger partial charge in [-0.25, -0.2) is 9.59 Å². The zero-order valence-corrected chi connectivity index (χ0v) is 10.6. The predicted molar refractivity (Wildman–Crippen MR) is 60.6 cm³/mol. The first kappa shape index (κ1) is 18.3. The van der Waals surface area contributed by atoms with E-state index >= 15 is 0 Å². The summed E-state index contributed by atoms with van der Waals surface area (Å²) in [5, 5.41) is 0. The highest BCUT2D eigenvalue weighted by molar-refractivity contribution is 5.94. The fourth-order valence-corrected chi connectivity index (χ4v) is 0.980. The van der Waals surface area contributed by atoms with Gasteiger partial charge in [0.15, 0.2) is 0 Å². The third-order valence-electron chi connectivity index (χ3n) is 1.94. The highest BCUT2D eigenvalue weighted by atomic mass is 16.6. The average Bonchev–Trinajstić information content (AvgIpc) is 2.38. The molecule has 0 spiro atoms. The highest BCUT2D eigenvalue weighted by Crippen LogP contribution is 1.99. The molecule has 0 aliphatic rings. The summed E-state index contributed by atoms with van der Waals surface area (Å²) >= 11 is 0. The molecule has 0 saturated heterocycles. The standard InChI is InChI=1S/C10H12N2O9/c11-5(1-7(15)19-3-13)9(17)21-10(18)6(12)2-8(16)20-4-14/h3-6H,1-2,11-12H2/t5-,6-/m0/s1. The summed E-state index contributed by atoms with van der Waals surface area (Å²) in [5.41, 5.74) is 10.4. The maximum atomic E-state index is 11.3. The molecule has 11 nitrogen and oxygen atoms in total. The number of hydrogen-bond acceptors (Lipinski definition) is 11. The molecule has 0 aromatic rings. The van der Waals surface area contributed by atoms with Gasteiger partial charge < -0.3 is 25.7 Å². The van der Waals surface area contributed by atoms with Gasteiger partial charge in [0, 0.05) is 0 Å². The number of hydrogen-bond donors (Lipinski definition) is 2. The molecule has 0 saturated carbocycles. The van der Waals surface area contributed by atoms with Crippen LogP contribution in [0.3, 0.4) is 0 Å². The van der Waals surface area contributed by atoms with Gasteiger partial charge in [-0.2, -0.15) is 0 Å².